The maximum absolute atomic E-state index is 11.1. The number of aromatic amines is 1. The number of carbonyl (C=O) groups excluding carboxylic acids is 1. The fraction of sp³-hybridized carbons (Fsp3) is 0.280. The average Bonchev–Trinajstić information content (AvgIpc) is 3.09. The lowest BCUT2D eigenvalue weighted by Gasteiger charge is -2.22. The van der Waals surface area contributed by atoms with Gasteiger partial charge in [0.25, 0.3) is 5.91 Å². The molecule has 2 atom stereocenters. The van der Waals surface area contributed by atoms with Crippen LogP contribution in [0.15, 0.2) is 54.6 Å². The molecular formula is C25H29N3O2. The summed E-state index contributed by atoms with van der Waals surface area (Å²) in [7, 11) is 0. The number of fused-ring (bicyclic) bond motifs is 1. The monoisotopic (exact) mass is 403 g/mol. The summed E-state index contributed by atoms with van der Waals surface area (Å²) in [5.41, 5.74) is 7.89. The van der Waals surface area contributed by atoms with Crippen LogP contribution in [0.4, 0.5) is 0 Å². The Hall–Kier alpha value is -3.18. The molecule has 0 bridgehead atoms. The minimum absolute atomic E-state index is 0.0132. The number of carbonyl (C=O) groups is 1. The molecular weight excluding hydrogens is 374 g/mol. The second-order valence-corrected chi connectivity index (χ2v) is 7.74. The third kappa shape index (κ3) is 4.69. The lowest BCUT2D eigenvalue weighted by atomic mass is 9.82. The number of H-pyrrole nitrogens is 1. The molecule has 5 nitrogen and oxygen atoms in total. The number of para-hydroxylation sites is 1. The summed E-state index contributed by atoms with van der Waals surface area (Å²) >= 11 is 0. The lowest BCUT2D eigenvalue weighted by Crippen LogP contribution is -2.21. The Balaban J connectivity index is 1.75. The van der Waals surface area contributed by atoms with Gasteiger partial charge in [0.05, 0.1) is 0 Å². The van der Waals surface area contributed by atoms with Crippen molar-refractivity contribution in [3.05, 3.63) is 77.0 Å². The van der Waals surface area contributed by atoms with E-state index in [1.165, 1.54) is 22.7 Å². The first kappa shape index (κ1) is 21.5. The zero-order chi connectivity index (χ0) is 21.7. The van der Waals surface area contributed by atoms with Crippen LogP contribution in [0.1, 0.15) is 48.6 Å². The van der Waals surface area contributed by atoms with Crippen molar-refractivity contribution >= 4 is 28.6 Å². The quantitative estimate of drug-likeness (QED) is 0.176. The third-order valence-electron chi connectivity index (χ3n) is 5.85. The van der Waals surface area contributed by atoms with E-state index in [2.05, 4.69) is 44.0 Å². The predicted octanol–water partition coefficient (Wildman–Crippen LogP) is 5.39. The van der Waals surface area contributed by atoms with Crippen LogP contribution >= 0.6 is 0 Å². The molecule has 5 heteroatoms. The van der Waals surface area contributed by atoms with Crippen molar-refractivity contribution in [2.45, 2.75) is 39.5 Å². The Bertz CT molecular complexity index is 1060. The number of rotatable bonds is 8. The molecule has 0 aliphatic carbocycles. The van der Waals surface area contributed by atoms with Gasteiger partial charge >= 0.3 is 0 Å². The first-order chi connectivity index (χ1) is 14.4. The van der Waals surface area contributed by atoms with Crippen molar-refractivity contribution in [2.24, 2.45) is 5.92 Å². The van der Waals surface area contributed by atoms with E-state index in [-0.39, 0.29) is 11.8 Å². The number of hydroxylamine groups is 1. The van der Waals surface area contributed by atoms with Gasteiger partial charge in [-0.15, -0.1) is 0 Å². The third-order valence-corrected chi connectivity index (χ3v) is 5.85. The topological polar surface area (TPSA) is 89.0 Å². The first-order valence-corrected chi connectivity index (χ1v) is 10.3. The van der Waals surface area contributed by atoms with Gasteiger partial charge in [0, 0.05) is 40.2 Å². The van der Waals surface area contributed by atoms with E-state index >= 15 is 0 Å². The van der Waals surface area contributed by atoms with E-state index in [9.17, 15) is 4.79 Å². The Morgan fingerprint density at radius 2 is 1.90 bits per heavy atom. The molecule has 0 aliphatic heterocycles. The summed E-state index contributed by atoms with van der Waals surface area (Å²) in [5, 5.41) is 18.7. The second-order valence-electron chi connectivity index (χ2n) is 7.74. The summed E-state index contributed by atoms with van der Waals surface area (Å²) in [5.74, 6) is -0.377. The van der Waals surface area contributed by atoms with E-state index in [4.69, 9.17) is 10.6 Å². The van der Waals surface area contributed by atoms with E-state index < -0.39 is 5.91 Å². The number of hydrogen-bond donors (Lipinski definition) is 4. The Kier molecular flexibility index (Phi) is 6.85. The van der Waals surface area contributed by atoms with Gasteiger partial charge in [-0.05, 0) is 48.6 Å². The molecule has 30 heavy (non-hydrogen) atoms. The predicted molar refractivity (Wildman–Crippen MR) is 122 cm³/mol. The van der Waals surface area contributed by atoms with Crippen molar-refractivity contribution in [3.8, 4) is 0 Å². The Morgan fingerprint density at radius 1 is 1.20 bits per heavy atom. The number of amides is 1. The molecule has 0 fully saturated rings. The molecule has 2 aromatic carbocycles. The van der Waals surface area contributed by atoms with Gasteiger partial charge in [-0.1, -0.05) is 56.3 Å². The fourth-order valence-electron chi connectivity index (χ4n) is 3.96. The van der Waals surface area contributed by atoms with Gasteiger partial charge in [0.15, 0.2) is 0 Å². The van der Waals surface area contributed by atoms with Crippen LogP contribution in [0.2, 0.25) is 0 Å². The molecule has 3 rings (SSSR count). The number of nitrogens with one attached hydrogen (secondary N) is 3. The van der Waals surface area contributed by atoms with Crippen LogP contribution in [0.5, 0.6) is 0 Å². The van der Waals surface area contributed by atoms with Crippen molar-refractivity contribution in [3.63, 3.8) is 0 Å². The molecule has 156 valence electrons. The summed E-state index contributed by atoms with van der Waals surface area (Å²) in [6.45, 7) is 6.34. The molecule has 0 saturated heterocycles. The second kappa shape index (κ2) is 9.55. The number of aryl methyl sites for hydroxylation is 1. The van der Waals surface area contributed by atoms with Gasteiger partial charge in [0.2, 0.25) is 0 Å². The molecule has 3 aromatic rings. The van der Waals surface area contributed by atoms with Crippen LogP contribution in [0.3, 0.4) is 0 Å². The molecule has 0 unspecified atom stereocenters. The zero-order valence-corrected chi connectivity index (χ0v) is 17.7. The van der Waals surface area contributed by atoms with Gasteiger partial charge < -0.3 is 10.4 Å². The molecule has 4 N–H and O–H groups in total. The van der Waals surface area contributed by atoms with Crippen LogP contribution in [0, 0.1) is 18.3 Å². The summed E-state index contributed by atoms with van der Waals surface area (Å²) in [6, 6.07) is 16.2. The van der Waals surface area contributed by atoms with E-state index in [0.29, 0.717) is 0 Å². The number of aromatic nitrogens is 1. The van der Waals surface area contributed by atoms with Crippen LogP contribution in [0.25, 0.3) is 17.0 Å². The standard InChI is InChI=1S/C25H29N3O2/c1-4-19(15-22-17(3)27-23-8-6-5-7-21(22)23)25(26)16(2)20-12-9-18(10-13-20)11-14-24(29)28-30/h5-14,16,19,26-27,30H,4,15H2,1-3H3,(H,28,29)/b14-11+,26-25?/t16-,19+/m0/s1. The van der Waals surface area contributed by atoms with Crippen molar-refractivity contribution in [2.75, 3.05) is 0 Å². The van der Waals surface area contributed by atoms with Gasteiger partial charge in [-0.2, -0.15) is 0 Å². The van der Waals surface area contributed by atoms with Gasteiger partial charge in [-0.3, -0.25) is 10.0 Å². The van der Waals surface area contributed by atoms with Crippen molar-refractivity contribution in [1.82, 2.24) is 10.5 Å². The highest BCUT2D eigenvalue weighted by Crippen LogP contribution is 2.29. The largest absolute Gasteiger partial charge is 0.358 e. The first-order valence-electron chi connectivity index (χ1n) is 10.3. The highest BCUT2D eigenvalue weighted by atomic mass is 16.5. The SMILES string of the molecule is CC[C@H](Cc1c(C)[nH]c2ccccc12)C(=N)[C@@H](C)c1ccc(/C=C/C(=O)NO)cc1. The molecule has 1 aromatic heterocycles. The molecule has 0 spiro atoms. The van der Waals surface area contributed by atoms with Crippen LogP contribution in [-0.4, -0.2) is 21.8 Å². The van der Waals surface area contributed by atoms with E-state index in [1.807, 2.05) is 30.3 Å². The molecule has 1 heterocycles. The smallest absolute Gasteiger partial charge is 0.267 e. The lowest BCUT2D eigenvalue weighted by molar-refractivity contribution is -0.124. The maximum Gasteiger partial charge on any atom is 0.267 e. The fourth-order valence-corrected chi connectivity index (χ4v) is 3.96. The van der Waals surface area contributed by atoms with Gasteiger partial charge in [-0.25, -0.2) is 5.48 Å². The zero-order valence-electron chi connectivity index (χ0n) is 17.7. The molecule has 0 radical (unpaired) electrons. The van der Waals surface area contributed by atoms with Crippen LogP contribution in [-0.2, 0) is 11.2 Å². The maximum atomic E-state index is 11.1. The average molecular weight is 404 g/mol. The van der Waals surface area contributed by atoms with E-state index in [1.54, 1.807) is 11.6 Å². The van der Waals surface area contributed by atoms with Crippen molar-refractivity contribution in [1.29, 1.82) is 5.41 Å². The highest BCUT2D eigenvalue weighted by molar-refractivity contribution is 5.92. The number of benzene rings is 2. The minimum atomic E-state index is -0.562. The van der Waals surface area contributed by atoms with Crippen molar-refractivity contribution < 1.29 is 10.0 Å². The molecule has 0 aliphatic rings. The Morgan fingerprint density at radius 3 is 2.57 bits per heavy atom. The summed E-state index contributed by atoms with van der Waals surface area (Å²) in [4.78, 5) is 14.6. The Labute approximate surface area is 177 Å². The van der Waals surface area contributed by atoms with E-state index in [0.717, 1.165) is 35.2 Å². The molecule has 1 amide bonds. The number of hydrogen-bond acceptors (Lipinski definition) is 3. The van der Waals surface area contributed by atoms with Crippen LogP contribution < -0.4 is 5.48 Å². The summed E-state index contributed by atoms with van der Waals surface area (Å²) < 4.78 is 0. The summed E-state index contributed by atoms with van der Waals surface area (Å²) in [6.07, 6.45) is 4.68. The highest BCUT2D eigenvalue weighted by Gasteiger charge is 2.22. The van der Waals surface area contributed by atoms with Gasteiger partial charge in [0.1, 0.15) is 0 Å². The normalized spacial score (nSPS) is 13.5. The molecule has 0 saturated carbocycles. The minimum Gasteiger partial charge on any atom is -0.358 e.